The van der Waals surface area contributed by atoms with Crippen molar-refractivity contribution >= 4 is 5.91 Å². The normalized spacial score (nSPS) is 19.5. The first-order chi connectivity index (χ1) is 9.94. The molecule has 1 amide bonds. The highest BCUT2D eigenvalue weighted by molar-refractivity contribution is 5.86. The van der Waals surface area contributed by atoms with Gasteiger partial charge in [0.05, 0.1) is 6.07 Å². The van der Waals surface area contributed by atoms with Crippen molar-refractivity contribution in [2.24, 2.45) is 5.41 Å². The minimum Gasteiger partial charge on any atom is -0.341 e. The third-order valence-corrected chi connectivity index (χ3v) is 4.71. The Bertz CT molecular complexity index is 520. The molecule has 1 aliphatic rings. The number of nitriles is 1. The Hall–Kier alpha value is -1.82. The van der Waals surface area contributed by atoms with Gasteiger partial charge in [0.15, 0.2) is 0 Å². The van der Waals surface area contributed by atoms with Gasteiger partial charge in [-0.05, 0) is 36.7 Å². The minimum atomic E-state index is -0.689. The van der Waals surface area contributed by atoms with Crippen LogP contribution >= 0.6 is 0 Å². The number of nitrogens with zero attached hydrogens (tertiary/aromatic N) is 2. The first kappa shape index (κ1) is 15.6. The van der Waals surface area contributed by atoms with E-state index in [0.717, 1.165) is 31.2 Å². The van der Waals surface area contributed by atoms with Gasteiger partial charge in [-0.3, -0.25) is 4.79 Å². The molecular formula is C18H24N2O. The van der Waals surface area contributed by atoms with Gasteiger partial charge in [0, 0.05) is 13.1 Å². The average molecular weight is 284 g/mol. The highest BCUT2D eigenvalue weighted by atomic mass is 16.2. The first-order valence-electron chi connectivity index (χ1n) is 7.66. The number of amides is 1. The zero-order chi connectivity index (χ0) is 15.5. The lowest BCUT2D eigenvalue weighted by Crippen LogP contribution is -2.42. The molecule has 2 rings (SSSR count). The van der Waals surface area contributed by atoms with Gasteiger partial charge in [0.1, 0.15) is 5.92 Å². The highest BCUT2D eigenvalue weighted by Gasteiger charge is 2.33. The second-order valence-electron chi connectivity index (χ2n) is 6.82. The van der Waals surface area contributed by atoms with Crippen LogP contribution in [0, 0.1) is 16.7 Å². The molecule has 1 aromatic rings. The lowest BCUT2D eigenvalue weighted by atomic mass is 9.75. The van der Waals surface area contributed by atoms with Crippen molar-refractivity contribution < 1.29 is 4.79 Å². The third kappa shape index (κ3) is 3.64. The van der Waals surface area contributed by atoms with Crippen molar-refractivity contribution in [3.05, 3.63) is 35.9 Å². The van der Waals surface area contributed by atoms with Crippen LogP contribution in [-0.4, -0.2) is 23.9 Å². The van der Waals surface area contributed by atoms with Gasteiger partial charge in [-0.25, -0.2) is 0 Å². The Morgan fingerprint density at radius 2 is 1.86 bits per heavy atom. The van der Waals surface area contributed by atoms with Crippen LogP contribution < -0.4 is 0 Å². The maximum Gasteiger partial charge on any atom is 0.244 e. The minimum absolute atomic E-state index is 0.0755. The molecule has 0 radical (unpaired) electrons. The van der Waals surface area contributed by atoms with Gasteiger partial charge in [0.2, 0.25) is 5.91 Å². The molecule has 3 heteroatoms. The van der Waals surface area contributed by atoms with E-state index in [9.17, 15) is 10.1 Å². The van der Waals surface area contributed by atoms with Crippen molar-refractivity contribution in [3.63, 3.8) is 0 Å². The predicted molar refractivity (Wildman–Crippen MR) is 83.6 cm³/mol. The Morgan fingerprint density at radius 3 is 2.38 bits per heavy atom. The maximum absolute atomic E-state index is 12.6. The summed E-state index contributed by atoms with van der Waals surface area (Å²) < 4.78 is 0. The molecule has 3 nitrogen and oxygen atoms in total. The molecule has 0 heterocycles. The smallest absolute Gasteiger partial charge is 0.244 e. The molecule has 1 aromatic carbocycles. The number of carbonyl (C=O) groups excluding carboxylic acids is 1. The lowest BCUT2D eigenvalue weighted by Gasteiger charge is -2.39. The van der Waals surface area contributed by atoms with Crippen molar-refractivity contribution in [2.75, 3.05) is 7.05 Å². The first-order valence-corrected chi connectivity index (χ1v) is 7.66. The number of hydrogen-bond acceptors (Lipinski definition) is 2. The lowest BCUT2D eigenvalue weighted by molar-refractivity contribution is -0.133. The van der Waals surface area contributed by atoms with E-state index in [1.54, 1.807) is 4.90 Å². The van der Waals surface area contributed by atoms with Crippen LogP contribution in [0.2, 0.25) is 0 Å². The van der Waals surface area contributed by atoms with E-state index in [-0.39, 0.29) is 11.9 Å². The zero-order valence-corrected chi connectivity index (χ0v) is 13.2. The van der Waals surface area contributed by atoms with Crippen LogP contribution in [0.1, 0.15) is 51.0 Å². The number of hydrogen-bond donors (Lipinski definition) is 0. The molecule has 0 saturated heterocycles. The van der Waals surface area contributed by atoms with Crippen LogP contribution in [0.3, 0.4) is 0 Å². The Kier molecular flexibility index (Phi) is 4.67. The summed E-state index contributed by atoms with van der Waals surface area (Å²) in [5, 5.41) is 9.38. The van der Waals surface area contributed by atoms with Crippen LogP contribution in [0.15, 0.2) is 30.3 Å². The van der Waals surface area contributed by atoms with Gasteiger partial charge < -0.3 is 4.90 Å². The van der Waals surface area contributed by atoms with E-state index in [1.165, 1.54) is 0 Å². The number of rotatable bonds is 3. The van der Waals surface area contributed by atoms with E-state index >= 15 is 0 Å². The van der Waals surface area contributed by atoms with Crippen LogP contribution in [0.4, 0.5) is 0 Å². The zero-order valence-electron chi connectivity index (χ0n) is 13.2. The molecule has 0 N–H and O–H groups in total. The summed E-state index contributed by atoms with van der Waals surface area (Å²) in [6.07, 6.45) is 4.33. The molecule has 1 aliphatic carbocycles. The summed E-state index contributed by atoms with van der Waals surface area (Å²) in [6.45, 7) is 4.57. The van der Waals surface area contributed by atoms with Gasteiger partial charge in [-0.2, -0.15) is 5.26 Å². The quantitative estimate of drug-likeness (QED) is 0.849. The van der Waals surface area contributed by atoms with Crippen LogP contribution in [0.5, 0.6) is 0 Å². The molecular weight excluding hydrogens is 260 g/mol. The van der Waals surface area contributed by atoms with Gasteiger partial charge >= 0.3 is 0 Å². The summed E-state index contributed by atoms with van der Waals surface area (Å²) >= 11 is 0. The molecule has 0 aromatic heterocycles. The van der Waals surface area contributed by atoms with Gasteiger partial charge in [-0.1, -0.05) is 44.2 Å². The molecule has 1 fully saturated rings. The highest BCUT2D eigenvalue weighted by Crippen LogP contribution is 2.37. The monoisotopic (exact) mass is 284 g/mol. The van der Waals surface area contributed by atoms with Crippen LogP contribution in [0.25, 0.3) is 0 Å². The Morgan fingerprint density at radius 1 is 1.29 bits per heavy atom. The fourth-order valence-electron chi connectivity index (χ4n) is 3.07. The molecule has 1 saturated carbocycles. The molecule has 0 bridgehead atoms. The summed E-state index contributed by atoms with van der Waals surface area (Å²) in [5.41, 5.74) is 1.17. The van der Waals surface area contributed by atoms with Gasteiger partial charge in [-0.15, -0.1) is 0 Å². The van der Waals surface area contributed by atoms with E-state index in [1.807, 2.05) is 37.4 Å². The van der Waals surface area contributed by atoms with Crippen molar-refractivity contribution in [3.8, 4) is 6.07 Å². The van der Waals surface area contributed by atoms with E-state index < -0.39 is 5.92 Å². The third-order valence-electron chi connectivity index (χ3n) is 4.71. The average Bonchev–Trinajstić information content (AvgIpc) is 2.48. The number of benzene rings is 1. The standard InChI is InChI=1S/C18H24N2O/c1-18(2)11-9-15(10-12-18)20(3)17(21)16(13-19)14-7-5-4-6-8-14/h4-8,15-16H,9-12H2,1-3H3. The molecule has 0 spiro atoms. The topological polar surface area (TPSA) is 44.1 Å². The van der Waals surface area contributed by atoms with E-state index in [4.69, 9.17) is 0 Å². The van der Waals surface area contributed by atoms with Crippen molar-refractivity contribution in [2.45, 2.75) is 51.5 Å². The predicted octanol–water partition coefficient (Wildman–Crippen LogP) is 3.72. The molecule has 1 atom stereocenters. The largest absolute Gasteiger partial charge is 0.341 e. The molecule has 21 heavy (non-hydrogen) atoms. The van der Waals surface area contributed by atoms with Crippen molar-refractivity contribution in [1.29, 1.82) is 5.26 Å². The maximum atomic E-state index is 12.6. The summed E-state index contributed by atoms with van der Waals surface area (Å²) in [5.74, 6) is -0.764. The fourth-order valence-corrected chi connectivity index (χ4v) is 3.07. The van der Waals surface area contributed by atoms with E-state index in [2.05, 4.69) is 19.9 Å². The fraction of sp³-hybridized carbons (Fsp3) is 0.556. The molecule has 0 aliphatic heterocycles. The molecule has 112 valence electrons. The number of likely N-dealkylation sites (N-methyl/N-ethyl adjacent to an activating group) is 1. The van der Waals surface area contributed by atoms with Crippen LogP contribution in [-0.2, 0) is 4.79 Å². The molecule has 1 unspecified atom stereocenters. The second kappa shape index (κ2) is 6.30. The number of carbonyl (C=O) groups is 1. The summed E-state index contributed by atoms with van der Waals surface area (Å²) in [6, 6.07) is 11.8. The van der Waals surface area contributed by atoms with Gasteiger partial charge in [0.25, 0.3) is 0 Å². The summed E-state index contributed by atoms with van der Waals surface area (Å²) in [7, 11) is 1.85. The second-order valence-corrected chi connectivity index (χ2v) is 6.82. The summed E-state index contributed by atoms with van der Waals surface area (Å²) in [4.78, 5) is 14.4. The van der Waals surface area contributed by atoms with Crippen molar-refractivity contribution in [1.82, 2.24) is 4.90 Å². The van der Waals surface area contributed by atoms with E-state index in [0.29, 0.717) is 5.41 Å². The Balaban J connectivity index is 2.07. The Labute approximate surface area is 127 Å². The SMILES string of the molecule is CN(C(=O)C(C#N)c1ccccc1)C1CCC(C)(C)CC1.